The molecule has 1 heterocycles. The molecule has 0 spiro atoms. The van der Waals surface area contributed by atoms with Crippen LogP contribution in [0.5, 0.6) is 0 Å². The molecule has 1 aliphatic heterocycles. The van der Waals surface area contributed by atoms with E-state index < -0.39 is 0 Å². The summed E-state index contributed by atoms with van der Waals surface area (Å²) in [7, 11) is 0. The predicted molar refractivity (Wildman–Crippen MR) is 82.6 cm³/mol. The maximum Gasteiger partial charge on any atom is 0.253 e. The molecule has 1 aromatic carbocycles. The van der Waals surface area contributed by atoms with E-state index in [4.69, 9.17) is 11.2 Å². The average molecular weight is 336 g/mol. The number of terminal acetylenes is 1. The zero-order chi connectivity index (χ0) is 14.5. The van der Waals surface area contributed by atoms with Crippen molar-refractivity contribution < 1.29 is 9.53 Å². The highest BCUT2D eigenvalue weighted by Gasteiger charge is 2.24. The molecule has 1 fully saturated rings. The lowest BCUT2D eigenvalue weighted by Gasteiger charge is -2.31. The molecule has 106 valence electrons. The third-order valence-corrected chi connectivity index (χ3v) is 4.40. The molecule has 4 heteroatoms. The number of nitrogens with zero attached hydrogens (tertiary/aromatic N) is 1. The van der Waals surface area contributed by atoms with E-state index in [9.17, 15) is 4.79 Å². The molecular weight excluding hydrogens is 318 g/mol. The van der Waals surface area contributed by atoms with Crippen molar-refractivity contribution in [2.24, 2.45) is 0 Å². The molecule has 2 rings (SSSR count). The van der Waals surface area contributed by atoms with Gasteiger partial charge in [-0.2, -0.15) is 0 Å². The van der Waals surface area contributed by atoms with Gasteiger partial charge in [-0.1, -0.05) is 27.9 Å². The number of likely N-dealkylation sites (tertiary alicyclic amines) is 1. The van der Waals surface area contributed by atoms with Crippen molar-refractivity contribution >= 4 is 21.8 Å². The van der Waals surface area contributed by atoms with Crippen LogP contribution in [0.3, 0.4) is 0 Å². The zero-order valence-corrected chi connectivity index (χ0v) is 13.1. The number of hydrogen-bond acceptors (Lipinski definition) is 2. The van der Waals surface area contributed by atoms with Crippen molar-refractivity contribution in [1.82, 2.24) is 4.90 Å². The number of benzene rings is 1. The second-order valence-corrected chi connectivity index (χ2v) is 5.82. The van der Waals surface area contributed by atoms with E-state index >= 15 is 0 Å². The smallest absolute Gasteiger partial charge is 0.253 e. The largest absolute Gasteiger partial charge is 0.365 e. The van der Waals surface area contributed by atoms with Gasteiger partial charge in [-0.25, -0.2) is 0 Å². The number of rotatable bonds is 3. The Morgan fingerprint density at radius 1 is 1.50 bits per heavy atom. The van der Waals surface area contributed by atoms with Gasteiger partial charge in [0.2, 0.25) is 0 Å². The molecule has 0 unspecified atom stereocenters. The van der Waals surface area contributed by atoms with Crippen molar-refractivity contribution in [3.8, 4) is 12.3 Å². The standard InChI is InChI=1S/C16H18BrNO2/c1-3-10-20-14-6-8-18(9-7-14)16(19)13-5-4-12(2)15(17)11-13/h1,4-5,11,14H,6-10H2,2H3. The van der Waals surface area contributed by atoms with Gasteiger partial charge in [0.15, 0.2) is 0 Å². The lowest BCUT2D eigenvalue weighted by Crippen LogP contribution is -2.40. The van der Waals surface area contributed by atoms with E-state index in [1.165, 1.54) is 0 Å². The number of aryl methyl sites for hydroxylation is 1. The van der Waals surface area contributed by atoms with Crippen molar-refractivity contribution in [3.05, 3.63) is 33.8 Å². The van der Waals surface area contributed by atoms with Gasteiger partial charge >= 0.3 is 0 Å². The molecule has 20 heavy (non-hydrogen) atoms. The molecule has 1 aromatic rings. The average Bonchev–Trinajstić information content (AvgIpc) is 2.48. The fourth-order valence-corrected chi connectivity index (χ4v) is 2.68. The van der Waals surface area contributed by atoms with Crippen LogP contribution in [-0.2, 0) is 4.74 Å². The Morgan fingerprint density at radius 2 is 2.20 bits per heavy atom. The minimum atomic E-state index is 0.0844. The normalized spacial score (nSPS) is 15.9. The van der Waals surface area contributed by atoms with Crippen LogP contribution in [0.4, 0.5) is 0 Å². The summed E-state index contributed by atoms with van der Waals surface area (Å²) in [6.45, 7) is 3.80. The van der Waals surface area contributed by atoms with Gasteiger partial charge in [0, 0.05) is 23.1 Å². The fourth-order valence-electron chi connectivity index (χ4n) is 2.30. The Labute approximate surface area is 128 Å². The van der Waals surface area contributed by atoms with E-state index in [0.717, 1.165) is 41.5 Å². The van der Waals surface area contributed by atoms with Crippen LogP contribution in [0, 0.1) is 19.3 Å². The maximum absolute atomic E-state index is 12.4. The Kier molecular flexibility index (Phi) is 5.22. The van der Waals surface area contributed by atoms with Gasteiger partial charge in [0.25, 0.3) is 5.91 Å². The fraction of sp³-hybridized carbons (Fsp3) is 0.438. The summed E-state index contributed by atoms with van der Waals surface area (Å²) < 4.78 is 6.49. The maximum atomic E-state index is 12.4. The minimum absolute atomic E-state index is 0.0844. The summed E-state index contributed by atoms with van der Waals surface area (Å²) in [5.41, 5.74) is 1.86. The van der Waals surface area contributed by atoms with Crippen LogP contribution in [-0.4, -0.2) is 36.6 Å². The molecule has 0 bridgehead atoms. The first-order chi connectivity index (χ1) is 9.61. The van der Waals surface area contributed by atoms with Gasteiger partial charge in [-0.3, -0.25) is 4.79 Å². The van der Waals surface area contributed by atoms with Crippen LogP contribution >= 0.6 is 15.9 Å². The van der Waals surface area contributed by atoms with E-state index in [-0.39, 0.29) is 12.0 Å². The molecule has 0 aliphatic carbocycles. The third kappa shape index (κ3) is 3.62. The second-order valence-electron chi connectivity index (χ2n) is 4.97. The number of hydrogen-bond donors (Lipinski definition) is 0. The summed E-state index contributed by atoms with van der Waals surface area (Å²) in [6.07, 6.45) is 7.06. The first-order valence-electron chi connectivity index (χ1n) is 6.72. The summed E-state index contributed by atoms with van der Waals surface area (Å²) in [5, 5.41) is 0. The topological polar surface area (TPSA) is 29.5 Å². The van der Waals surface area contributed by atoms with E-state index in [1.807, 2.05) is 30.0 Å². The Morgan fingerprint density at radius 3 is 2.80 bits per heavy atom. The lowest BCUT2D eigenvalue weighted by atomic mass is 10.1. The first-order valence-corrected chi connectivity index (χ1v) is 7.51. The molecule has 3 nitrogen and oxygen atoms in total. The second kappa shape index (κ2) is 6.92. The van der Waals surface area contributed by atoms with Crippen LogP contribution in [0.2, 0.25) is 0 Å². The highest BCUT2D eigenvalue weighted by Crippen LogP contribution is 2.21. The SMILES string of the molecule is C#CCOC1CCN(C(=O)c2ccc(C)c(Br)c2)CC1. The van der Waals surface area contributed by atoms with Crippen molar-refractivity contribution in [3.63, 3.8) is 0 Å². The lowest BCUT2D eigenvalue weighted by molar-refractivity contribution is 0.0231. The van der Waals surface area contributed by atoms with Gasteiger partial charge in [0.05, 0.1) is 6.10 Å². The summed E-state index contributed by atoms with van der Waals surface area (Å²) in [5.74, 6) is 2.56. The van der Waals surface area contributed by atoms with Gasteiger partial charge in [-0.15, -0.1) is 6.42 Å². The van der Waals surface area contributed by atoms with Gasteiger partial charge in [0.1, 0.15) is 6.61 Å². The van der Waals surface area contributed by atoms with Gasteiger partial charge < -0.3 is 9.64 Å². The minimum Gasteiger partial charge on any atom is -0.365 e. The highest BCUT2D eigenvalue weighted by molar-refractivity contribution is 9.10. The molecule has 0 aromatic heterocycles. The molecule has 0 radical (unpaired) electrons. The monoisotopic (exact) mass is 335 g/mol. The first kappa shape index (κ1) is 15.1. The predicted octanol–water partition coefficient (Wildman–Crippen LogP) is 3.01. The number of ether oxygens (including phenoxy) is 1. The molecule has 1 aliphatic rings. The van der Waals surface area contributed by atoms with E-state index in [2.05, 4.69) is 21.9 Å². The Hall–Kier alpha value is -1.31. The van der Waals surface area contributed by atoms with E-state index in [0.29, 0.717) is 6.61 Å². The Bertz CT molecular complexity index is 528. The van der Waals surface area contributed by atoms with Crippen LogP contribution in [0.25, 0.3) is 0 Å². The Balaban J connectivity index is 1.94. The zero-order valence-electron chi connectivity index (χ0n) is 11.6. The third-order valence-electron chi connectivity index (χ3n) is 3.55. The number of amides is 1. The van der Waals surface area contributed by atoms with Crippen molar-refractivity contribution in [1.29, 1.82) is 0 Å². The van der Waals surface area contributed by atoms with Crippen LogP contribution in [0.15, 0.2) is 22.7 Å². The molecule has 1 saturated heterocycles. The van der Waals surface area contributed by atoms with Crippen molar-refractivity contribution in [2.75, 3.05) is 19.7 Å². The van der Waals surface area contributed by atoms with Crippen LogP contribution < -0.4 is 0 Å². The molecule has 0 saturated carbocycles. The molecule has 0 atom stereocenters. The van der Waals surface area contributed by atoms with Gasteiger partial charge in [-0.05, 0) is 37.5 Å². The number of piperidine rings is 1. The van der Waals surface area contributed by atoms with Crippen molar-refractivity contribution in [2.45, 2.75) is 25.9 Å². The summed E-state index contributed by atoms with van der Waals surface area (Å²) in [4.78, 5) is 14.3. The molecule has 0 N–H and O–H groups in total. The highest BCUT2D eigenvalue weighted by atomic mass is 79.9. The number of carbonyl (C=O) groups is 1. The summed E-state index contributed by atoms with van der Waals surface area (Å²) >= 11 is 3.47. The molecular formula is C16H18BrNO2. The number of halogens is 1. The molecule has 1 amide bonds. The quantitative estimate of drug-likeness (QED) is 0.794. The summed E-state index contributed by atoms with van der Waals surface area (Å²) in [6, 6.07) is 5.72. The number of carbonyl (C=O) groups excluding carboxylic acids is 1. The van der Waals surface area contributed by atoms with E-state index in [1.54, 1.807) is 0 Å². The van der Waals surface area contributed by atoms with Crippen LogP contribution in [0.1, 0.15) is 28.8 Å².